The summed E-state index contributed by atoms with van der Waals surface area (Å²) in [6.07, 6.45) is 1.08. The first kappa shape index (κ1) is 19.0. The summed E-state index contributed by atoms with van der Waals surface area (Å²) < 4.78 is 10.5. The molecule has 28 heavy (non-hydrogen) atoms. The summed E-state index contributed by atoms with van der Waals surface area (Å²) in [5, 5.41) is 28.1. The number of esters is 1. The number of hydrogen-bond acceptors (Lipinski definition) is 7. The molecule has 0 radical (unpaired) electrons. The Balaban J connectivity index is 1.89. The molecule has 0 amide bonds. The molecule has 0 saturated heterocycles. The molecule has 144 valence electrons. The molecule has 0 bridgehead atoms. The highest BCUT2D eigenvalue weighted by molar-refractivity contribution is 5.88. The molecule has 8 heteroatoms. The van der Waals surface area contributed by atoms with Crippen molar-refractivity contribution >= 4 is 22.9 Å². The number of carboxylic acid groups (broad SMARTS) is 1. The zero-order chi connectivity index (χ0) is 20.3. The average molecular weight is 384 g/mol. The van der Waals surface area contributed by atoms with Crippen LogP contribution in [-0.2, 0) is 9.59 Å². The molecular weight excluding hydrogens is 368 g/mol. The SMILES string of the molecule is O=C(O)CCCC(=O)Oc1cc(O)c2c(=O)c(-c3ccc(O)cc3)coc2c1. The van der Waals surface area contributed by atoms with Crippen molar-refractivity contribution in [3.8, 4) is 28.4 Å². The second kappa shape index (κ2) is 7.83. The monoisotopic (exact) mass is 384 g/mol. The number of carbonyl (C=O) groups excluding carboxylic acids is 1. The Morgan fingerprint density at radius 2 is 1.75 bits per heavy atom. The van der Waals surface area contributed by atoms with E-state index in [0.29, 0.717) is 5.56 Å². The Hall–Kier alpha value is -3.81. The van der Waals surface area contributed by atoms with Crippen molar-refractivity contribution in [1.82, 2.24) is 0 Å². The number of ether oxygens (including phenoxy) is 1. The van der Waals surface area contributed by atoms with Crippen LogP contribution in [0.3, 0.4) is 0 Å². The van der Waals surface area contributed by atoms with Gasteiger partial charge in [0.05, 0.1) is 5.56 Å². The molecule has 3 aromatic rings. The van der Waals surface area contributed by atoms with Crippen LogP contribution in [0.4, 0.5) is 0 Å². The molecule has 1 heterocycles. The van der Waals surface area contributed by atoms with Crippen LogP contribution < -0.4 is 10.2 Å². The van der Waals surface area contributed by atoms with Crippen LogP contribution in [0.15, 0.2) is 51.9 Å². The Kier molecular flexibility index (Phi) is 5.30. The fraction of sp³-hybridized carbons (Fsp3) is 0.150. The predicted molar refractivity (Wildman–Crippen MR) is 98.4 cm³/mol. The smallest absolute Gasteiger partial charge is 0.311 e. The van der Waals surface area contributed by atoms with Crippen LogP contribution in [0.2, 0.25) is 0 Å². The van der Waals surface area contributed by atoms with E-state index in [1.54, 1.807) is 0 Å². The third kappa shape index (κ3) is 4.12. The largest absolute Gasteiger partial charge is 0.508 e. The van der Waals surface area contributed by atoms with Gasteiger partial charge in [0.25, 0.3) is 0 Å². The van der Waals surface area contributed by atoms with Crippen LogP contribution in [0.25, 0.3) is 22.1 Å². The third-order valence-corrected chi connectivity index (χ3v) is 4.01. The minimum atomic E-state index is -1.01. The highest BCUT2D eigenvalue weighted by Crippen LogP contribution is 2.31. The molecular formula is C20H16O8. The minimum absolute atomic E-state index is 0.0224. The van der Waals surface area contributed by atoms with E-state index in [-0.39, 0.29) is 47.3 Å². The summed E-state index contributed by atoms with van der Waals surface area (Å²) in [6, 6.07) is 8.34. The Morgan fingerprint density at radius 3 is 2.43 bits per heavy atom. The molecule has 0 spiro atoms. The van der Waals surface area contributed by atoms with Crippen LogP contribution >= 0.6 is 0 Å². The highest BCUT2D eigenvalue weighted by atomic mass is 16.5. The Bertz CT molecular complexity index is 1100. The van der Waals surface area contributed by atoms with E-state index >= 15 is 0 Å². The first-order valence-corrected chi connectivity index (χ1v) is 8.35. The predicted octanol–water partition coefficient (Wildman–Crippen LogP) is 3.03. The van der Waals surface area contributed by atoms with Crippen LogP contribution in [0.5, 0.6) is 17.2 Å². The maximum absolute atomic E-state index is 12.7. The van der Waals surface area contributed by atoms with Crippen LogP contribution in [-0.4, -0.2) is 27.3 Å². The lowest BCUT2D eigenvalue weighted by Gasteiger charge is -2.08. The first-order valence-electron chi connectivity index (χ1n) is 8.35. The van der Waals surface area contributed by atoms with Crippen LogP contribution in [0, 0.1) is 0 Å². The lowest BCUT2D eigenvalue weighted by molar-refractivity contribution is -0.137. The number of phenolic OH excluding ortho intramolecular Hbond substituents is 2. The minimum Gasteiger partial charge on any atom is -0.508 e. The maximum atomic E-state index is 12.7. The van der Waals surface area contributed by atoms with Gasteiger partial charge in [-0.25, -0.2) is 0 Å². The van der Waals surface area contributed by atoms with E-state index in [9.17, 15) is 24.6 Å². The number of rotatable bonds is 6. The molecule has 8 nitrogen and oxygen atoms in total. The number of aliphatic carboxylic acids is 1. The van der Waals surface area contributed by atoms with Gasteiger partial charge in [0.15, 0.2) is 0 Å². The van der Waals surface area contributed by atoms with E-state index in [2.05, 4.69) is 0 Å². The van der Waals surface area contributed by atoms with Crippen molar-refractivity contribution in [2.75, 3.05) is 0 Å². The van der Waals surface area contributed by atoms with Crippen molar-refractivity contribution in [1.29, 1.82) is 0 Å². The lowest BCUT2D eigenvalue weighted by atomic mass is 10.0. The van der Waals surface area contributed by atoms with Gasteiger partial charge < -0.3 is 24.5 Å². The van der Waals surface area contributed by atoms with Crippen molar-refractivity contribution < 1.29 is 34.1 Å². The van der Waals surface area contributed by atoms with Crippen molar-refractivity contribution in [2.24, 2.45) is 0 Å². The standard InChI is InChI=1S/C20H16O8/c21-12-6-4-11(5-7-12)14-10-27-16-9-13(8-15(22)19(16)20(14)26)28-18(25)3-1-2-17(23)24/h4-10,21-22H,1-3H2,(H,23,24). The molecule has 0 atom stereocenters. The number of benzene rings is 2. The molecule has 0 aliphatic heterocycles. The summed E-state index contributed by atoms with van der Waals surface area (Å²) >= 11 is 0. The molecule has 3 rings (SSSR count). The van der Waals surface area contributed by atoms with Gasteiger partial charge in [0.2, 0.25) is 5.43 Å². The van der Waals surface area contributed by atoms with Gasteiger partial charge in [-0.05, 0) is 24.1 Å². The maximum Gasteiger partial charge on any atom is 0.311 e. The number of fused-ring (bicyclic) bond motifs is 1. The molecule has 1 aromatic heterocycles. The zero-order valence-electron chi connectivity index (χ0n) is 14.5. The summed E-state index contributed by atoms with van der Waals surface area (Å²) in [5.41, 5.74) is 0.243. The van der Waals surface area contributed by atoms with Gasteiger partial charge in [-0.2, -0.15) is 0 Å². The van der Waals surface area contributed by atoms with Gasteiger partial charge in [-0.15, -0.1) is 0 Å². The topological polar surface area (TPSA) is 134 Å². The zero-order valence-corrected chi connectivity index (χ0v) is 14.5. The summed E-state index contributed by atoms with van der Waals surface area (Å²) in [7, 11) is 0. The van der Waals surface area contributed by atoms with Gasteiger partial charge in [0, 0.05) is 25.0 Å². The van der Waals surface area contributed by atoms with E-state index in [4.69, 9.17) is 14.3 Å². The van der Waals surface area contributed by atoms with E-state index < -0.39 is 23.1 Å². The molecule has 3 N–H and O–H groups in total. The highest BCUT2D eigenvalue weighted by Gasteiger charge is 2.16. The van der Waals surface area contributed by atoms with Crippen molar-refractivity contribution in [3.05, 3.63) is 52.9 Å². The fourth-order valence-electron chi connectivity index (χ4n) is 2.67. The van der Waals surface area contributed by atoms with Gasteiger partial charge in [0.1, 0.15) is 34.5 Å². The van der Waals surface area contributed by atoms with Crippen molar-refractivity contribution in [2.45, 2.75) is 19.3 Å². The summed E-state index contributed by atoms with van der Waals surface area (Å²) in [5.74, 6) is -2.07. The second-order valence-corrected chi connectivity index (χ2v) is 6.06. The van der Waals surface area contributed by atoms with Gasteiger partial charge >= 0.3 is 11.9 Å². The summed E-state index contributed by atoms with van der Waals surface area (Å²) in [4.78, 5) is 35.0. The van der Waals surface area contributed by atoms with E-state index in [1.165, 1.54) is 36.6 Å². The number of carbonyl (C=O) groups is 2. The average Bonchev–Trinajstić information content (AvgIpc) is 2.62. The van der Waals surface area contributed by atoms with Gasteiger partial charge in [-0.3, -0.25) is 14.4 Å². The second-order valence-electron chi connectivity index (χ2n) is 6.06. The molecule has 0 aliphatic carbocycles. The number of phenols is 2. The number of aromatic hydroxyl groups is 2. The first-order chi connectivity index (χ1) is 13.3. The van der Waals surface area contributed by atoms with Crippen LogP contribution in [0.1, 0.15) is 19.3 Å². The van der Waals surface area contributed by atoms with Gasteiger partial charge in [-0.1, -0.05) is 12.1 Å². The molecule has 0 unspecified atom stereocenters. The lowest BCUT2D eigenvalue weighted by Crippen LogP contribution is -2.09. The normalized spacial score (nSPS) is 10.7. The Morgan fingerprint density at radius 1 is 1.04 bits per heavy atom. The molecule has 0 aliphatic rings. The molecule has 2 aromatic carbocycles. The van der Waals surface area contributed by atoms with E-state index in [0.717, 1.165) is 6.07 Å². The number of carboxylic acids is 1. The molecule has 0 saturated carbocycles. The number of hydrogen-bond donors (Lipinski definition) is 3. The van der Waals surface area contributed by atoms with Crippen molar-refractivity contribution in [3.63, 3.8) is 0 Å². The Labute approximate surface area is 158 Å². The fourth-order valence-corrected chi connectivity index (χ4v) is 2.67. The molecule has 0 fully saturated rings. The summed E-state index contributed by atoms with van der Waals surface area (Å²) in [6.45, 7) is 0. The van der Waals surface area contributed by atoms with E-state index in [1.807, 2.05) is 0 Å². The third-order valence-electron chi connectivity index (χ3n) is 4.01. The quantitative estimate of drug-likeness (QED) is 0.436.